The summed E-state index contributed by atoms with van der Waals surface area (Å²) in [6.45, 7) is 6.59. The second kappa shape index (κ2) is 5.80. The lowest BCUT2D eigenvalue weighted by Gasteiger charge is -2.25. The van der Waals surface area contributed by atoms with Crippen molar-refractivity contribution in [1.29, 1.82) is 0 Å². The van der Waals surface area contributed by atoms with Crippen LogP contribution in [0.15, 0.2) is 30.3 Å². The van der Waals surface area contributed by atoms with Crippen molar-refractivity contribution in [3.05, 3.63) is 35.9 Å². The standard InChI is InChI=1S/C18H26N2O/c1-4-13-11-16(13)20-17(14-8-6-5-7-9-14)19-15(18(20)21)10-12(2)3/h5-9,12-13,15-17,19H,4,10-11H2,1-3H3. The van der Waals surface area contributed by atoms with Gasteiger partial charge in [0.05, 0.1) is 6.04 Å². The van der Waals surface area contributed by atoms with Crippen LogP contribution in [0.4, 0.5) is 0 Å². The number of amides is 1. The minimum absolute atomic E-state index is 0.0201. The van der Waals surface area contributed by atoms with E-state index in [1.165, 1.54) is 18.4 Å². The minimum atomic E-state index is -0.0201. The van der Waals surface area contributed by atoms with Crippen molar-refractivity contribution >= 4 is 5.91 Å². The van der Waals surface area contributed by atoms with Crippen molar-refractivity contribution in [3.63, 3.8) is 0 Å². The van der Waals surface area contributed by atoms with Crippen LogP contribution in [-0.4, -0.2) is 22.9 Å². The number of rotatable bonds is 5. The molecule has 1 saturated heterocycles. The highest BCUT2D eigenvalue weighted by Gasteiger charge is 2.51. The molecule has 1 aliphatic heterocycles. The average molecular weight is 286 g/mol. The predicted octanol–water partition coefficient (Wildman–Crippen LogP) is 3.33. The summed E-state index contributed by atoms with van der Waals surface area (Å²) in [5.41, 5.74) is 1.21. The van der Waals surface area contributed by atoms with Crippen LogP contribution in [0.5, 0.6) is 0 Å². The zero-order chi connectivity index (χ0) is 15.0. The molecule has 3 nitrogen and oxygen atoms in total. The van der Waals surface area contributed by atoms with Gasteiger partial charge in [-0.1, -0.05) is 57.5 Å². The van der Waals surface area contributed by atoms with Crippen LogP contribution in [0.25, 0.3) is 0 Å². The molecule has 1 aromatic carbocycles. The number of carbonyl (C=O) groups excluding carboxylic acids is 1. The van der Waals surface area contributed by atoms with E-state index in [0.717, 1.165) is 6.42 Å². The van der Waals surface area contributed by atoms with E-state index >= 15 is 0 Å². The molecule has 0 spiro atoms. The van der Waals surface area contributed by atoms with E-state index in [-0.39, 0.29) is 12.2 Å². The first-order valence-electron chi connectivity index (χ1n) is 8.25. The Labute approximate surface area is 127 Å². The van der Waals surface area contributed by atoms with Crippen molar-refractivity contribution in [2.45, 2.75) is 58.3 Å². The van der Waals surface area contributed by atoms with Gasteiger partial charge >= 0.3 is 0 Å². The quantitative estimate of drug-likeness (QED) is 0.900. The summed E-state index contributed by atoms with van der Waals surface area (Å²) in [4.78, 5) is 15.0. The lowest BCUT2D eigenvalue weighted by molar-refractivity contribution is -0.131. The summed E-state index contributed by atoms with van der Waals surface area (Å²) in [5, 5.41) is 3.58. The van der Waals surface area contributed by atoms with Gasteiger partial charge in [0.25, 0.3) is 0 Å². The van der Waals surface area contributed by atoms with Crippen LogP contribution >= 0.6 is 0 Å². The molecule has 21 heavy (non-hydrogen) atoms. The number of carbonyl (C=O) groups is 1. The molecular weight excluding hydrogens is 260 g/mol. The van der Waals surface area contributed by atoms with E-state index in [9.17, 15) is 4.79 Å². The van der Waals surface area contributed by atoms with Crippen LogP contribution in [0, 0.1) is 11.8 Å². The molecule has 1 aliphatic carbocycles. The Kier molecular flexibility index (Phi) is 4.03. The maximum Gasteiger partial charge on any atom is 0.241 e. The van der Waals surface area contributed by atoms with Gasteiger partial charge < -0.3 is 4.90 Å². The first kappa shape index (κ1) is 14.6. The molecule has 1 aromatic rings. The summed E-state index contributed by atoms with van der Waals surface area (Å²) in [7, 11) is 0. The Morgan fingerprint density at radius 1 is 1.29 bits per heavy atom. The van der Waals surface area contributed by atoms with E-state index in [4.69, 9.17) is 0 Å². The van der Waals surface area contributed by atoms with Crippen LogP contribution < -0.4 is 5.32 Å². The summed E-state index contributed by atoms with van der Waals surface area (Å²) in [6.07, 6.45) is 3.32. The molecule has 4 unspecified atom stereocenters. The lowest BCUT2D eigenvalue weighted by atomic mass is 10.0. The Balaban J connectivity index is 1.84. The van der Waals surface area contributed by atoms with Crippen LogP contribution in [-0.2, 0) is 4.79 Å². The fraction of sp³-hybridized carbons (Fsp3) is 0.611. The number of nitrogens with zero attached hydrogens (tertiary/aromatic N) is 1. The first-order valence-corrected chi connectivity index (χ1v) is 8.25. The van der Waals surface area contributed by atoms with E-state index in [0.29, 0.717) is 23.8 Å². The molecule has 2 fully saturated rings. The zero-order valence-electron chi connectivity index (χ0n) is 13.3. The second-order valence-electron chi connectivity index (χ2n) is 6.88. The molecule has 1 N–H and O–H groups in total. The molecule has 1 heterocycles. The van der Waals surface area contributed by atoms with Gasteiger partial charge in [-0.15, -0.1) is 0 Å². The highest BCUT2D eigenvalue weighted by molar-refractivity contribution is 5.85. The van der Waals surface area contributed by atoms with Crippen molar-refractivity contribution in [1.82, 2.24) is 10.2 Å². The van der Waals surface area contributed by atoms with Gasteiger partial charge in [0, 0.05) is 6.04 Å². The molecule has 1 amide bonds. The number of benzene rings is 1. The third kappa shape index (κ3) is 2.84. The maximum atomic E-state index is 12.8. The van der Waals surface area contributed by atoms with E-state index in [1.54, 1.807) is 0 Å². The van der Waals surface area contributed by atoms with E-state index in [2.05, 4.69) is 55.3 Å². The first-order chi connectivity index (χ1) is 10.1. The normalized spacial score (nSPS) is 32.0. The second-order valence-corrected chi connectivity index (χ2v) is 6.88. The number of hydrogen-bond acceptors (Lipinski definition) is 2. The molecule has 4 atom stereocenters. The van der Waals surface area contributed by atoms with Gasteiger partial charge in [-0.2, -0.15) is 0 Å². The van der Waals surface area contributed by atoms with E-state index < -0.39 is 0 Å². The van der Waals surface area contributed by atoms with Gasteiger partial charge in [-0.25, -0.2) is 0 Å². The fourth-order valence-corrected chi connectivity index (χ4v) is 3.55. The maximum absolute atomic E-state index is 12.8. The molecule has 1 saturated carbocycles. The van der Waals surface area contributed by atoms with E-state index in [1.807, 2.05) is 6.07 Å². The third-order valence-electron chi connectivity index (χ3n) is 4.78. The van der Waals surface area contributed by atoms with Gasteiger partial charge in [-0.05, 0) is 30.2 Å². The Morgan fingerprint density at radius 2 is 2.00 bits per heavy atom. The Bertz CT molecular complexity index is 499. The molecule has 0 bridgehead atoms. The van der Waals surface area contributed by atoms with Crippen molar-refractivity contribution < 1.29 is 4.79 Å². The molecule has 3 rings (SSSR count). The molecule has 0 radical (unpaired) electrons. The Morgan fingerprint density at radius 3 is 2.57 bits per heavy atom. The van der Waals surface area contributed by atoms with Crippen molar-refractivity contribution in [2.24, 2.45) is 11.8 Å². The fourth-order valence-electron chi connectivity index (χ4n) is 3.55. The molecular formula is C18H26N2O. The number of hydrogen-bond donors (Lipinski definition) is 1. The molecule has 3 heteroatoms. The zero-order valence-corrected chi connectivity index (χ0v) is 13.3. The summed E-state index contributed by atoms with van der Waals surface area (Å²) < 4.78 is 0. The monoisotopic (exact) mass is 286 g/mol. The summed E-state index contributed by atoms with van der Waals surface area (Å²) in [5.74, 6) is 1.53. The van der Waals surface area contributed by atoms with Gasteiger partial charge in [0.15, 0.2) is 0 Å². The van der Waals surface area contributed by atoms with Gasteiger partial charge in [0.2, 0.25) is 5.91 Å². The summed E-state index contributed by atoms with van der Waals surface area (Å²) in [6, 6.07) is 10.8. The molecule has 2 aliphatic rings. The minimum Gasteiger partial charge on any atom is -0.318 e. The average Bonchev–Trinajstić information content (AvgIpc) is 3.18. The van der Waals surface area contributed by atoms with Crippen LogP contribution in [0.1, 0.15) is 51.8 Å². The van der Waals surface area contributed by atoms with Crippen LogP contribution in [0.3, 0.4) is 0 Å². The topological polar surface area (TPSA) is 32.3 Å². The van der Waals surface area contributed by atoms with Crippen LogP contribution in [0.2, 0.25) is 0 Å². The van der Waals surface area contributed by atoms with Gasteiger partial charge in [-0.3, -0.25) is 10.1 Å². The smallest absolute Gasteiger partial charge is 0.241 e. The number of nitrogens with one attached hydrogen (secondary N) is 1. The highest BCUT2D eigenvalue weighted by Crippen LogP contribution is 2.44. The lowest BCUT2D eigenvalue weighted by Crippen LogP contribution is -2.34. The Hall–Kier alpha value is -1.35. The third-order valence-corrected chi connectivity index (χ3v) is 4.78. The SMILES string of the molecule is CCC1CC1N1C(=O)C(CC(C)C)NC1c1ccccc1. The molecule has 0 aromatic heterocycles. The molecule has 114 valence electrons. The predicted molar refractivity (Wildman–Crippen MR) is 84.6 cm³/mol. The summed E-state index contributed by atoms with van der Waals surface area (Å²) >= 11 is 0. The van der Waals surface area contributed by atoms with Gasteiger partial charge in [0.1, 0.15) is 6.17 Å². The largest absolute Gasteiger partial charge is 0.318 e. The van der Waals surface area contributed by atoms with Crippen molar-refractivity contribution in [2.75, 3.05) is 0 Å². The highest BCUT2D eigenvalue weighted by atomic mass is 16.2. The van der Waals surface area contributed by atoms with Crippen molar-refractivity contribution in [3.8, 4) is 0 Å².